The summed E-state index contributed by atoms with van der Waals surface area (Å²) in [7, 11) is 2.16. The lowest BCUT2D eigenvalue weighted by Gasteiger charge is -1.97. The molecule has 0 aliphatic rings. The Balaban J connectivity index is 2.23. The molecule has 0 radical (unpaired) electrons. The van der Waals surface area contributed by atoms with Crippen molar-refractivity contribution in [1.82, 2.24) is 0 Å². The summed E-state index contributed by atoms with van der Waals surface area (Å²) in [6.45, 7) is 0. The number of hydrogen-bond acceptors (Lipinski definition) is 2. The monoisotopic (exact) mass is 264 g/mol. The van der Waals surface area contributed by atoms with Gasteiger partial charge in [-0.05, 0) is 36.4 Å². The van der Waals surface area contributed by atoms with E-state index in [9.17, 15) is 9.60 Å². The predicted molar refractivity (Wildman–Crippen MR) is 70.1 cm³/mol. The molecule has 18 heavy (non-hydrogen) atoms. The Morgan fingerprint density at radius 2 is 1.67 bits per heavy atom. The van der Waals surface area contributed by atoms with Crippen LogP contribution in [0.25, 0.3) is 0 Å². The van der Waals surface area contributed by atoms with Crippen LogP contribution in [0.5, 0.6) is 5.75 Å². The van der Waals surface area contributed by atoms with E-state index in [0.29, 0.717) is 11.4 Å². The van der Waals surface area contributed by atoms with E-state index in [1.807, 2.05) is 0 Å². The van der Waals surface area contributed by atoms with Crippen molar-refractivity contribution >= 4 is 21.4 Å². The first kappa shape index (κ1) is 12.5. The highest BCUT2D eigenvalue weighted by Crippen LogP contribution is 2.14. The van der Waals surface area contributed by atoms with Gasteiger partial charge in [-0.2, -0.15) is 0 Å². The van der Waals surface area contributed by atoms with Crippen molar-refractivity contribution in [3.05, 3.63) is 59.9 Å². The largest absolute Gasteiger partial charge is 0.480 e. The summed E-state index contributed by atoms with van der Waals surface area (Å²) >= 11 is 0. The summed E-state index contributed by atoms with van der Waals surface area (Å²) in [6.07, 6.45) is 1.53. The lowest BCUT2D eigenvalue weighted by Crippen LogP contribution is -2.01. The minimum atomic E-state index is -0.339. The zero-order valence-corrected chi connectivity index (χ0v) is 10.6. The minimum absolute atomic E-state index is 0.339. The molecule has 92 valence electrons. The highest BCUT2D eigenvalue weighted by molar-refractivity contribution is 7.10. The van der Waals surface area contributed by atoms with Gasteiger partial charge in [-0.1, -0.05) is 0 Å². The number of benzene rings is 2. The molecule has 2 aromatic carbocycles. The van der Waals surface area contributed by atoms with Gasteiger partial charge in [0.2, 0.25) is 6.21 Å². The SMILES string of the molecule is O[N+](=Cc1ccc(OP)cc1)c1ccc(F)cc1. The van der Waals surface area contributed by atoms with Gasteiger partial charge in [0.25, 0.3) is 5.69 Å². The Morgan fingerprint density at radius 1 is 1.06 bits per heavy atom. The summed E-state index contributed by atoms with van der Waals surface area (Å²) in [5.41, 5.74) is 1.29. The Bertz CT molecular complexity index is 552. The summed E-state index contributed by atoms with van der Waals surface area (Å²) in [4.78, 5) is 0. The molecule has 0 aromatic heterocycles. The fourth-order valence-corrected chi connectivity index (χ4v) is 1.60. The van der Waals surface area contributed by atoms with Crippen LogP contribution < -0.4 is 4.52 Å². The number of hydrogen-bond donors (Lipinski definition) is 1. The molecule has 0 fully saturated rings. The van der Waals surface area contributed by atoms with Gasteiger partial charge in [0.15, 0.2) is 0 Å². The molecule has 2 rings (SSSR count). The molecule has 0 aliphatic heterocycles. The van der Waals surface area contributed by atoms with Gasteiger partial charge < -0.3 is 4.52 Å². The van der Waals surface area contributed by atoms with Crippen molar-refractivity contribution in [2.45, 2.75) is 0 Å². The van der Waals surface area contributed by atoms with Gasteiger partial charge in [-0.25, -0.2) is 4.39 Å². The second-order valence-electron chi connectivity index (χ2n) is 3.64. The van der Waals surface area contributed by atoms with E-state index < -0.39 is 0 Å². The Morgan fingerprint density at radius 3 is 2.22 bits per heavy atom. The van der Waals surface area contributed by atoms with Gasteiger partial charge in [0, 0.05) is 22.4 Å². The van der Waals surface area contributed by atoms with Crippen molar-refractivity contribution in [2.24, 2.45) is 0 Å². The molecule has 5 heteroatoms. The molecule has 0 saturated carbocycles. The van der Waals surface area contributed by atoms with Crippen LogP contribution in [0, 0.1) is 5.82 Å². The quantitative estimate of drug-likeness (QED) is 0.304. The number of nitrogens with zero attached hydrogens (tertiary/aromatic N) is 1. The van der Waals surface area contributed by atoms with Crippen LogP contribution >= 0.6 is 9.47 Å². The lowest BCUT2D eigenvalue weighted by molar-refractivity contribution is -0.709. The molecule has 1 N–H and O–H groups in total. The van der Waals surface area contributed by atoms with E-state index in [1.165, 1.54) is 30.5 Å². The van der Waals surface area contributed by atoms with Crippen molar-refractivity contribution in [1.29, 1.82) is 0 Å². The second kappa shape index (κ2) is 5.61. The number of rotatable bonds is 3. The predicted octanol–water partition coefficient (Wildman–Crippen LogP) is 3.15. The average Bonchev–Trinajstić information content (AvgIpc) is 2.40. The maximum Gasteiger partial charge on any atom is 0.257 e. The highest BCUT2D eigenvalue weighted by Gasteiger charge is 2.07. The normalized spacial score (nSPS) is 11.3. The fraction of sp³-hybridized carbons (Fsp3) is 0. The molecule has 0 spiro atoms. The van der Waals surface area contributed by atoms with Crippen LogP contribution in [0.3, 0.4) is 0 Å². The van der Waals surface area contributed by atoms with E-state index in [0.717, 1.165) is 10.3 Å². The molecule has 3 nitrogen and oxygen atoms in total. The van der Waals surface area contributed by atoms with Gasteiger partial charge in [-0.3, -0.25) is 5.21 Å². The van der Waals surface area contributed by atoms with E-state index in [2.05, 4.69) is 9.47 Å². The third-order valence-corrected chi connectivity index (χ3v) is 2.65. The van der Waals surface area contributed by atoms with Crippen LogP contribution in [0.2, 0.25) is 0 Å². The molecule has 0 saturated heterocycles. The standard InChI is InChI=1S/C13H12FNO2P/c14-11-3-5-12(6-4-11)15(16)9-10-1-7-13(17-18)8-2-10/h1-9,16H,18H2/q+1. The van der Waals surface area contributed by atoms with E-state index in [-0.39, 0.29) is 5.82 Å². The third-order valence-electron chi connectivity index (χ3n) is 2.38. The molecule has 0 amide bonds. The summed E-state index contributed by atoms with van der Waals surface area (Å²) in [6, 6.07) is 12.7. The Kier molecular flexibility index (Phi) is 3.90. The molecule has 0 bridgehead atoms. The molecular formula is C13H12FNO2P+. The first-order chi connectivity index (χ1) is 8.69. The summed E-state index contributed by atoms with van der Waals surface area (Å²) < 4.78 is 18.6. The van der Waals surface area contributed by atoms with Crippen molar-refractivity contribution in [2.75, 3.05) is 0 Å². The van der Waals surface area contributed by atoms with Gasteiger partial charge in [-0.15, -0.1) is 0 Å². The first-order valence-corrected chi connectivity index (χ1v) is 5.71. The molecule has 1 atom stereocenters. The molecule has 0 aliphatic carbocycles. The number of halogens is 1. The topological polar surface area (TPSA) is 32.5 Å². The van der Waals surface area contributed by atoms with Crippen LogP contribution in [0.1, 0.15) is 5.56 Å². The zero-order chi connectivity index (χ0) is 13.0. The van der Waals surface area contributed by atoms with Gasteiger partial charge in [0.1, 0.15) is 11.6 Å². The maximum atomic E-state index is 12.7. The van der Waals surface area contributed by atoms with Crippen LogP contribution in [-0.4, -0.2) is 16.2 Å². The Labute approximate surface area is 106 Å². The maximum absolute atomic E-state index is 12.7. The second-order valence-corrected chi connectivity index (χ2v) is 3.87. The van der Waals surface area contributed by atoms with Crippen LogP contribution in [0.4, 0.5) is 10.1 Å². The summed E-state index contributed by atoms with van der Waals surface area (Å²) in [5.74, 6) is 0.373. The van der Waals surface area contributed by atoms with Crippen molar-refractivity contribution in [3.8, 4) is 5.75 Å². The molecular weight excluding hydrogens is 252 g/mol. The lowest BCUT2D eigenvalue weighted by atomic mass is 10.2. The van der Waals surface area contributed by atoms with E-state index in [1.54, 1.807) is 24.3 Å². The molecule has 1 unspecified atom stereocenters. The first-order valence-electron chi connectivity index (χ1n) is 5.24. The highest BCUT2D eigenvalue weighted by atomic mass is 31.0. The molecule has 2 aromatic rings. The third kappa shape index (κ3) is 3.05. The fourth-order valence-electron chi connectivity index (χ4n) is 1.44. The van der Waals surface area contributed by atoms with Gasteiger partial charge >= 0.3 is 0 Å². The zero-order valence-electron chi connectivity index (χ0n) is 9.45. The van der Waals surface area contributed by atoms with E-state index >= 15 is 0 Å². The van der Waals surface area contributed by atoms with Crippen LogP contribution in [0.15, 0.2) is 48.5 Å². The van der Waals surface area contributed by atoms with Crippen molar-refractivity contribution < 1.29 is 18.9 Å². The Hall–Kier alpha value is -1.93. The van der Waals surface area contributed by atoms with Crippen molar-refractivity contribution in [3.63, 3.8) is 0 Å². The molecule has 0 heterocycles. The van der Waals surface area contributed by atoms with Gasteiger partial charge in [0.05, 0.1) is 9.47 Å². The van der Waals surface area contributed by atoms with Crippen LogP contribution in [-0.2, 0) is 0 Å². The minimum Gasteiger partial charge on any atom is -0.480 e. The van der Waals surface area contributed by atoms with E-state index in [4.69, 9.17) is 4.52 Å². The summed E-state index contributed by atoms with van der Waals surface area (Å²) in [5, 5.41) is 9.81. The smallest absolute Gasteiger partial charge is 0.257 e. The average molecular weight is 264 g/mol.